The second-order valence-corrected chi connectivity index (χ2v) is 6.30. The first-order valence-electron chi connectivity index (χ1n) is 7.61. The predicted octanol–water partition coefficient (Wildman–Crippen LogP) is 2.04. The topological polar surface area (TPSA) is 87.7 Å². The van der Waals surface area contributed by atoms with Crippen molar-refractivity contribution < 1.29 is 19.1 Å². The van der Waals surface area contributed by atoms with E-state index in [0.717, 1.165) is 15.8 Å². The van der Waals surface area contributed by atoms with Crippen molar-refractivity contribution in [1.82, 2.24) is 10.2 Å². The molecule has 2 aromatic rings. The number of amides is 3. The van der Waals surface area contributed by atoms with Gasteiger partial charge >= 0.3 is 12.0 Å². The fraction of sp³-hybridized carbons (Fsp3) is 0.312. The Hall–Kier alpha value is -2.61. The van der Waals surface area contributed by atoms with Crippen molar-refractivity contribution in [2.45, 2.75) is 6.92 Å². The molecule has 1 aromatic carbocycles. The molecule has 1 fully saturated rings. The van der Waals surface area contributed by atoms with E-state index in [1.54, 1.807) is 13.0 Å². The van der Waals surface area contributed by atoms with Crippen LogP contribution in [0.25, 0.3) is 10.1 Å². The Morgan fingerprint density at radius 3 is 2.92 bits per heavy atom. The van der Waals surface area contributed by atoms with Gasteiger partial charge in [0, 0.05) is 23.5 Å². The van der Waals surface area contributed by atoms with Crippen LogP contribution in [-0.2, 0) is 9.53 Å². The minimum atomic E-state index is -0.353. The molecule has 3 rings (SSSR count). The zero-order chi connectivity index (χ0) is 17.1. The maximum absolute atomic E-state index is 12.0. The third-order valence-electron chi connectivity index (χ3n) is 3.59. The molecule has 0 saturated carbocycles. The van der Waals surface area contributed by atoms with E-state index in [1.165, 1.54) is 16.2 Å². The lowest BCUT2D eigenvalue weighted by molar-refractivity contribution is -0.125. The first-order chi connectivity index (χ1) is 11.6. The van der Waals surface area contributed by atoms with E-state index in [4.69, 9.17) is 4.74 Å². The van der Waals surface area contributed by atoms with Gasteiger partial charge in [0.05, 0.1) is 13.2 Å². The molecule has 24 heavy (non-hydrogen) atoms. The molecule has 0 spiro atoms. The minimum Gasteiger partial charge on any atom is -0.462 e. The number of hydrogen-bond acceptors (Lipinski definition) is 6. The molecule has 126 valence electrons. The summed E-state index contributed by atoms with van der Waals surface area (Å²) in [5, 5.41) is 6.51. The third-order valence-corrected chi connectivity index (χ3v) is 4.69. The lowest BCUT2D eigenvalue weighted by Crippen LogP contribution is -2.37. The zero-order valence-electron chi connectivity index (χ0n) is 13.1. The van der Waals surface area contributed by atoms with Crippen molar-refractivity contribution in [3.05, 3.63) is 29.1 Å². The number of benzene rings is 1. The van der Waals surface area contributed by atoms with Gasteiger partial charge in [-0.3, -0.25) is 9.69 Å². The number of hydrogen-bond donors (Lipinski definition) is 2. The number of urea groups is 1. The van der Waals surface area contributed by atoms with E-state index in [0.29, 0.717) is 24.6 Å². The summed E-state index contributed by atoms with van der Waals surface area (Å²) in [6.07, 6.45) is 0. The molecular formula is C16H17N3O4S. The Bertz CT molecular complexity index is 802. The number of thiophene rings is 1. The standard InChI is InChI=1S/C16H17N3O4S/c1-2-23-15(21)13-8-10-7-11(3-4-12(10)24-13)18-9-14(20)19-6-5-17-16(19)22/h3-4,7-8,18H,2,5-6,9H2,1H3,(H,17,22). The van der Waals surface area contributed by atoms with Gasteiger partial charge in [-0.05, 0) is 36.6 Å². The second-order valence-electron chi connectivity index (χ2n) is 5.21. The van der Waals surface area contributed by atoms with Gasteiger partial charge < -0.3 is 15.4 Å². The normalized spacial score (nSPS) is 13.9. The maximum atomic E-state index is 12.0. The van der Waals surface area contributed by atoms with Crippen molar-refractivity contribution in [3.8, 4) is 0 Å². The molecule has 7 nitrogen and oxygen atoms in total. The highest BCUT2D eigenvalue weighted by molar-refractivity contribution is 7.20. The average Bonchev–Trinajstić information content (AvgIpc) is 3.18. The second kappa shape index (κ2) is 6.88. The Labute approximate surface area is 142 Å². The Morgan fingerprint density at radius 2 is 2.21 bits per heavy atom. The lowest BCUT2D eigenvalue weighted by atomic mass is 10.2. The van der Waals surface area contributed by atoms with Crippen LogP contribution in [-0.4, -0.2) is 49.0 Å². The van der Waals surface area contributed by atoms with Gasteiger partial charge in [0.2, 0.25) is 5.91 Å². The molecule has 1 aliphatic heterocycles. The fourth-order valence-electron chi connectivity index (χ4n) is 2.44. The first kappa shape index (κ1) is 16.3. The smallest absolute Gasteiger partial charge is 0.348 e. The SMILES string of the molecule is CCOC(=O)c1cc2cc(NCC(=O)N3CCNC3=O)ccc2s1. The monoisotopic (exact) mass is 347 g/mol. The predicted molar refractivity (Wildman–Crippen MR) is 91.4 cm³/mol. The number of carbonyl (C=O) groups is 3. The maximum Gasteiger partial charge on any atom is 0.348 e. The average molecular weight is 347 g/mol. The molecule has 0 atom stereocenters. The molecule has 0 bridgehead atoms. The molecule has 0 unspecified atom stereocenters. The highest BCUT2D eigenvalue weighted by atomic mass is 32.1. The molecule has 2 N–H and O–H groups in total. The number of esters is 1. The van der Waals surface area contributed by atoms with Crippen molar-refractivity contribution in [3.63, 3.8) is 0 Å². The summed E-state index contributed by atoms with van der Waals surface area (Å²) in [7, 11) is 0. The van der Waals surface area contributed by atoms with Crippen LogP contribution in [0.15, 0.2) is 24.3 Å². The summed E-state index contributed by atoms with van der Waals surface area (Å²) in [6.45, 7) is 3.03. The number of nitrogens with zero attached hydrogens (tertiary/aromatic N) is 1. The first-order valence-corrected chi connectivity index (χ1v) is 8.43. The Balaban J connectivity index is 1.68. The number of rotatable bonds is 5. The summed E-state index contributed by atoms with van der Waals surface area (Å²) in [4.78, 5) is 37.0. The number of ether oxygens (including phenoxy) is 1. The van der Waals surface area contributed by atoms with Gasteiger partial charge in [-0.1, -0.05) is 0 Å². The van der Waals surface area contributed by atoms with Crippen LogP contribution in [0.3, 0.4) is 0 Å². The zero-order valence-corrected chi connectivity index (χ0v) is 13.9. The number of imide groups is 1. The summed E-state index contributed by atoms with van der Waals surface area (Å²) in [5.41, 5.74) is 0.753. The summed E-state index contributed by atoms with van der Waals surface area (Å²) in [5.74, 6) is -0.605. The van der Waals surface area contributed by atoms with E-state index >= 15 is 0 Å². The molecule has 0 radical (unpaired) electrons. The Kier molecular flexibility index (Phi) is 4.66. The van der Waals surface area contributed by atoms with Crippen LogP contribution in [0.4, 0.5) is 10.5 Å². The Morgan fingerprint density at radius 1 is 1.38 bits per heavy atom. The highest BCUT2D eigenvalue weighted by Crippen LogP contribution is 2.28. The molecule has 2 heterocycles. The lowest BCUT2D eigenvalue weighted by Gasteiger charge is -2.13. The molecule has 1 saturated heterocycles. The summed E-state index contributed by atoms with van der Waals surface area (Å²) in [6, 6.07) is 7.02. The molecule has 3 amide bonds. The summed E-state index contributed by atoms with van der Waals surface area (Å²) < 4.78 is 5.97. The molecule has 0 aliphatic carbocycles. The summed E-state index contributed by atoms with van der Waals surface area (Å²) >= 11 is 1.37. The largest absolute Gasteiger partial charge is 0.462 e. The van der Waals surface area contributed by atoms with Gasteiger partial charge in [0.1, 0.15) is 4.88 Å². The van der Waals surface area contributed by atoms with Crippen LogP contribution in [0, 0.1) is 0 Å². The molecule has 8 heteroatoms. The van der Waals surface area contributed by atoms with Crippen LogP contribution in [0.2, 0.25) is 0 Å². The number of nitrogens with one attached hydrogen (secondary N) is 2. The fourth-order valence-corrected chi connectivity index (χ4v) is 3.38. The quantitative estimate of drug-likeness (QED) is 0.808. The van der Waals surface area contributed by atoms with Crippen molar-refractivity contribution >= 4 is 45.0 Å². The molecular weight excluding hydrogens is 330 g/mol. The van der Waals surface area contributed by atoms with Crippen LogP contribution < -0.4 is 10.6 Å². The number of anilines is 1. The van der Waals surface area contributed by atoms with Gasteiger partial charge in [-0.15, -0.1) is 11.3 Å². The minimum absolute atomic E-state index is 0.0355. The van der Waals surface area contributed by atoms with Crippen molar-refractivity contribution in [2.24, 2.45) is 0 Å². The van der Waals surface area contributed by atoms with Crippen LogP contribution >= 0.6 is 11.3 Å². The van der Waals surface area contributed by atoms with Crippen molar-refractivity contribution in [1.29, 1.82) is 0 Å². The van der Waals surface area contributed by atoms with E-state index < -0.39 is 0 Å². The van der Waals surface area contributed by atoms with E-state index in [1.807, 2.05) is 18.2 Å². The number of carbonyl (C=O) groups excluding carboxylic acids is 3. The van der Waals surface area contributed by atoms with E-state index in [2.05, 4.69) is 10.6 Å². The highest BCUT2D eigenvalue weighted by Gasteiger charge is 2.25. The van der Waals surface area contributed by atoms with Crippen LogP contribution in [0.5, 0.6) is 0 Å². The van der Waals surface area contributed by atoms with E-state index in [-0.39, 0.29) is 24.5 Å². The molecule has 1 aromatic heterocycles. The molecule has 1 aliphatic rings. The third kappa shape index (κ3) is 3.33. The van der Waals surface area contributed by atoms with Crippen LogP contribution in [0.1, 0.15) is 16.6 Å². The van der Waals surface area contributed by atoms with Crippen molar-refractivity contribution in [2.75, 3.05) is 31.6 Å². The van der Waals surface area contributed by atoms with E-state index in [9.17, 15) is 14.4 Å². The van der Waals surface area contributed by atoms with Gasteiger partial charge in [-0.2, -0.15) is 0 Å². The van der Waals surface area contributed by atoms with Gasteiger partial charge in [0.15, 0.2) is 0 Å². The van der Waals surface area contributed by atoms with Gasteiger partial charge in [0.25, 0.3) is 0 Å². The van der Waals surface area contributed by atoms with Gasteiger partial charge in [-0.25, -0.2) is 9.59 Å². The number of fused-ring (bicyclic) bond motifs is 1.